The molecule has 6 atom stereocenters. The highest BCUT2D eigenvalue weighted by molar-refractivity contribution is 5.40. The Kier molecular flexibility index (Phi) is 4.16. The van der Waals surface area contributed by atoms with Crippen LogP contribution in [0.2, 0.25) is 0 Å². The molecule has 3 heteroatoms. The SMILES string of the molecule is COc1ccc2c(c1)CC[C@@H]1[C@@H]2CC[C@@]2(C)[C@H]1CC[C@]2(CO)[C@H](C)O. The molecule has 3 aliphatic carbocycles. The zero-order valence-corrected chi connectivity index (χ0v) is 15.8. The highest BCUT2D eigenvalue weighted by Gasteiger charge is 2.63. The number of hydrogen-bond acceptors (Lipinski definition) is 3. The molecule has 4 rings (SSSR count). The summed E-state index contributed by atoms with van der Waals surface area (Å²) in [7, 11) is 1.74. The van der Waals surface area contributed by atoms with E-state index in [1.807, 2.05) is 6.92 Å². The number of hydrogen-bond donors (Lipinski definition) is 2. The maximum atomic E-state index is 10.5. The third-order valence-corrected chi connectivity index (χ3v) is 8.44. The number of rotatable bonds is 3. The summed E-state index contributed by atoms with van der Waals surface area (Å²) in [5, 5.41) is 20.8. The summed E-state index contributed by atoms with van der Waals surface area (Å²) in [6.07, 6.45) is 6.30. The second-order valence-corrected chi connectivity index (χ2v) is 8.97. The summed E-state index contributed by atoms with van der Waals surface area (Å²) in [6.45, 7) is 4.36. The molecular weight excluding hydrogens is 312 g/mol. The second-order valence-electron chi connectivity index (χ2n) is 8.97. The van der Waals surface area contributed by atoms with Crippen molar-refractivity contribution in [3.8, 4) is 5.75 Å². The van der Waals surface area contributed by atoms with Crippen molar-refractivity contribution < 1.29 is 14.9 Å². The largest absolute Gasteiger partial charge is 0.497 e. The molecule has 0 spiro atoms. The summed E-state index contributed by atoms with van der Waals surface area (Å²) >= 11 is 0. The van der Waals surface area contributed by atoms with Gasteiger partial charge in [0, 0.05) is 5.41 Å². The lowest BCUT2D eigenvalue weighted by Crippen LogP contribution is -2.53. The van der Waals surface area contributed by atoms with Gasteiger partial charge < -0.3 is 14.9 Å². The van der Waals surface area contributed by atoms with Crippen molar-refractivity contribution in [2.24, 2.45) is 22.7 Å². The summed E-state index contributed by atoms with van der Waals surface area (Å²) < 4.78 is 5.41. The van der Waals surface area contributed by atoms with Crippen LogP contribution in [-0.4, -0.2) is 30.0 Å². The quantitative estimate of drug-likeness (QED) is 0.874. The van der Waals surface area contributed by atoms with Crippen LogP contribution in [0, 0.1) is 22.7 Å². The Balaban J connectivity index is 1.68. The van der Waals surface area contributed by atoms with Gasteiger partial charge >= 0.3 is 0 Å². The summed E-state index contributed by atoms with van der Waals surface area (Å²) in [6, 6.07) is 6.62. The van der Waals surface area contributed by atoms with Crippen molar-refractivity contribution in [2.75, 3.05) is 13.7 Å². The number of aliphatic hydroxyl groups is 2. The van der Waals surface area contributed by atoms with E-state index in [0.717, 1.165) is 31.4 Å². The predicted molar refractivity (Wildman–Crippen MR) is 98.8 cm³/mol. The van der Waals surface area contributed by atoms with E-state index < -0.39 is 6.10 Å². The highest BCUT2D eigenvalue weighted by Crippen LogP contribution is 2.68. The van der Waals surface area contributed by atoms with E-state index in [-0.39, 0.29) is 17.4 Å². The van der Waals surface area contributed by atoms with Crippen LogP contribution in [0.4, 0.5) is 0 Å². The lowest BCUT2D eigenvalue weighted by Gasteiger charge is -2.55. The molecule has 138 valence electrons. The average molecular weight is 344 g/mol. The monoisotopic (exact) mass is 344 g/mol. The van der Waals surface area contributed by atoms with Gasteiger partial charge in [-0.25, -0.2) is 0 Å². The number of aliphatic hydroxyl groups excluding tert-OH is 2. The van der Waals surface area contributed by atoms with Gasteiger partial charge in [0.25, 0.3) is 0 Å². The topological polar surface area (TPSA) is 49.7 Å². The lowest BCUT2D eigenvalue weighted by atomic mass is 9.50. The van der Waals surface area contributed by atoms with Gasteiger partial charge in [-0.15, -0.1) is 0 Å². The molecule has 0 aliphatic heterocycles. The van der Waals surface area contributed by atoms with E-state index in [0.29, 0.717) is 17.8 Å². The lowest BCUT2D eigenvalue weighted by molar-refractivity contribution is -0.116. The molecule has 2 N–H and O–H groups in total. The molecule has 0 radical (unpaired) electrons. The van der Waals surface area contributed by atoms with E-state index >= 15 is 0 Å². The molecule has 0 bridgehead atoms. The van der Waals surface area contributed by atoms with Crippen molar-refractivity contribution in [1.82, 2.24) is 0 Å². The van der Waals surface area contributed by atoms with Crippen LogP contribution in [0.5, 0.6) is 5.75 Å². The normalized spacial score (nSPS) is 40.8. The molecule has 2 fully saturated rings. The fourth-order valence-corrected chi connectivity index (χ4v) is 6.93. The summed E-state index contributed by atoms with van der Waals surface area (Å²) in [5.41, 5.74) is 2.73. The van der Waals surface area contributed by atoms with Crippen LogP contribution in [0.25, 0.3) is 0 Å². The van der Waals surface area contributed by atoms with Crippen molar-refractivity contribution >= 4 is 0 Å². The first-order chi connectivity index (χ1) is 12.0. The van der Waals surface area contributed by atoms with Gasteiger partial charge in [-0.2, -0.15) is 0 Å². The average Bonchev–Trinajstić information content (AvgIpc) is 2.94. The molecule has 1 aromatic rings. The fraction of sp³-hybridized carbons (Fsp3) is 0.727. The molecular formula is C22H32O3. The van der Waals surface area contributed by atoms with Crippen LogP contribution in [0.15, 0.2) is 18.2 Å². The Hall–Kier alpha value is -1.06. The first-order valence-electron chi connectivity index (χ1n) is 9.92. The van der Waals surface area contributed by atoms with Gasteiger partial charge in [0.1, 0.15) is 5.75 Å². The minimum atomic E-state index is -0.441. The summed E-state index contributed by atoms with van der Waals surface area (Å²) in [5.74, 6) is 2.90. The summed E-state index contributed by atoms with van der Waals surface area (Å²) in [4.78, 5) is 0. The minimum Gasteiger partial charge on any atom is -0.497 e. The Morgan fingerprint density at radius 1 is 1.24 bits per heavy atom. The molecule has 0 amide bonds. The third kappa shape index (κ3) is 2.24. The zero-order valence-electron chi connectivity index (χ0n) is 15.8. The van der Waals surface area contributed by atoms with Crippen molar-refractivity contribution in [3.63, 3.8) is 0 Å². The van der Waals surface area contributed by atoms with Crippen LogP contribution in [0.3, 0.4) is 0 Å². The van der Waals surface area contributed by atoms with Crippen LogP contribution in [0.1, 0.15) is 63.0 Å². The molecule has 3 nitrogen and oxygen atoms in total. The number of benzene rings is 1. The maximum absolute atomic E-state index is 10.5. The number of methoxy groups -OCH3 is 1. The predicted octanol–water partition coefficient (Wildman–Crippen LogP) is 3.91. The second kappa shape index (κ2) is 5.99. The fourth-order valence-electron chi connectivity index (χ4n) is 6.93. The van der Waals surface area contributed by atoms with E-state index in [1.165, 1.54) is 24.0 Å². The first kappa shape index (κ1) is 17.4. The van der Waals surface area contributed by atoms with Gasteiger partial charge in [-0.05, 0) is 91.9 Å². The van der Waals surface area contributed by atoms with Crippen molar-refractivity contribution in [2.45, 2.75) is 64.4 Å². The van der Waals surface area contributed by atoms with Gasteiger partial charge in [-0.1, -0.05) is 13.0 Å². The van der Waals surface area contributed by atoms with Gasteiger partial charge in [0.05, 0.1) is 19.8 Å². The van der Waals surface area contributed by atoms with Crippen LogP contribution >= 0.6 is 0 Å². The number of aryl methyl sites for hydroxylation is 1. The number of ether oxygens (including phenoxy) is 1. The van der Waals surface area contributed by atoms with E-state index in [1.54, 1.807) is 7.11 Å². The minimum absolute atomic E-state index is 0.0566. The smallest absolute Gasteiger partial charge is 0.119 e. The Labute approximate surface area is 151 Å². The molecule has 0 heterocycles. The van der Waals surface area contributed by atoms with Crippen LogP contribution in [-0.2, 0) is 6.42 Å². The van der Waals surface area contributed by atoms with Crippen molar-refractivity contribution in [1.29, 1.82) is 0 Å². The maximum Gasteiger partial charge on any atom is 0.119 e. The molecule has 1 aromatic carbocycles. The first-order valence-corrected chi connectivity index (χ1v) is 9.92. The van der Waals surface area contributed by atoms with Gasteiger partial charge in [-0.3, -0.25) is 0 Å². The van der Waals surface area contributed by atoms with E-state index in [2.05, 4.69) is 25.1 Å². The van der Waals surface area contributed by atoms with E-state index in [9.17, 15) is 10.2 Å². The molecule has 0 aromatic heterocycles. The molecule has 0 saturated heterocycles. The Morgan fingerprint density at radius 3 is 2.72 bits per heavy atom. The van der Waals surface area contributed by atoms with Crippen LogP contribution < -0.4 is 4.74 Å². The molecule has 2 saturated carbocycles. The zero-order chi connectivity index (χ0) is 17.8. The molecule has 25 heavy (non-hydrogen) atoms. The highest BCUT2D eigenvalue weighted by atomic mass is 16.5. The molecule has 3 aliphatic rings. The molecule has 0 unspecified atom stereocenters. The number of fused-ring (bicyclic) bond motifs is 5. The van der Waals surface area contributed by atoms with Gasteiger partial charge in [0.15, 0.2) is 0 Å². The third-order valence-electron chi connectivity index (χ3n) is 8.44. The van der Waals surface area contributed by atoms with E-state index in [4.69, 9.17) is 4.74 Å². The standard InChI is InChI=1S/C22H32O3/c1-14(24)22(13-23)11-9-20-19-6-4-15-12-16(25-3)5-7-17(15)18(19)8-10-21(20,22)2/h5,7,12,14,18-20,23-24H,4,6,8-11,13H2,1-3H3/t14-,18+,19+,20-,21-,22-/m0/s1. The Bertz CT molecular complexity index is 655. The van der Waals surface area contributed by atoms with Gasteiger partial charge in [0.2, 0.25) is 0 Å². The van der Waals surface area contributed by atoms with Crippen molar-refractivity contribution in [3.05, 3.63) is 29.3 Å². The Morgan fingerprint density at radius 2 is 2.04 bits per heavy atom.